The van der Waals surface area contributed by atoms with Gasteiger partial charge in [0, 0.05) is 6.20 Å². The van der Waals surface area contributed by atoms with Crippen LogP contribution in [-0.4, -0.2) is 10.9 Å². The molecule has 68 valence electrons. The summed E-state index contributed by atoms with van der Waals surface area (Å²) >= 11 is 0. The zero-order valence-electron chi connectivity index (χ0n) is 8.01. The average molecular weight is 176 g/mol. The fourth-order valence-corrected chi connectivity index (χ4v) is 1.55. The molecule has 1 aliphatic heterocycles. The number of aryl methyl sites for hydroxylation is 1. The van der Waals surface area contributed by atoms with Gasteiger partial charge in [-0.15, -0.1) is 0 Å². The lowest BCUT2D eigenvalue weighted by Gasteiger charge is -2.13. The Bertz CT molecular complexity index is 383. The molecule has 2 rings (SSSR count). The molecular weight excluding hydrogens is 164 g/mol. The summed E-state index contributed by atoms with van der Waals surface area (Å²) in [4.78, 5) is 15.8. The van der Waals surface area contributed by atoms with Crippen LogP contribution in [0.25, 0.3) is 0 Å². The number of hydrogen-bond donors (Lipinski definition) is 1. The van der Waals surface area contributed by atoms with E-state index >= 15 is 0 Å². The van der Waals surface area contributed by atoms with E-state index in [4.69, 9.17) is 0 Å². The second kappa shape index (κ2) is 2.31. The number of nitrogens with zero attached hydrogens (tertiary/aromatic N) is 1. The van der Waals surface area contributed by atoms with Crippen LogP contribution in [0.4, 0.5) is 5.69 Å². The number of carbonyl (C=O) groups is 1. The van der Waals surface area contributed by atoms with Gasteiger partial charge in [0.25, 0.3) is 0 Å². The first-order chi connectivity index (χ1) is 6.01. The Balaban J connectivity index is 2.62. The number of aromatic nitrogens is 1. The molecule has 0 aromatic carbocycles. The first-order valence-electron chi connectivity index (χ1n) is 4.30. The first kappa shape index (κ1) is 8.23. The lowest BCUT2D eigenvalue weighted by atomic mass is 9.90. The van der Waals surface area contributed by atoms with Crippen molar-refractivity contribution in [1.29, 1.82) is 0 Å². The Morgan fingerprint density at radius 2 is 2.15 bits per heavy atom. The number of fused-ring (bicyclic) bond motifs is 1. The van der Waals surface area contributed by atoms with Gasteiger partial charge in [-0.25, -0.2) is 0 Å². The van der Waals surface area contributed by atoms with Gasteiger partial charge in [-0.05, 0) is 32.4 Å². The molecule has 13 heavy (non-hydrogen) atoms. The van der Waals surface area contributed by atoms with Gasteiger partial charge in [-0.1, -0.05) is 0 Å². The highest BCUT2D eigenvalue weighted by Crippen LogP contribution is 2.35. The molecule has 1 N–H and O–H groups in total. The summed E-state index contributed by atoms with van der Waals surface area (Å²) in [5.41, 5.74) is 2.29. The Morgan fingerprint density at radius 1 is 1.46 bits per heavy atom. The van der Waals surface area contributed by atoms with Crippen LogP contribution in [0.1, 0.15) is 25.1 Å². The summed E-state index contributed by atoms with van der Waals surface area (Å²) in [6, 6.07) is 1.95. The maximum absolute atomic E-state index is 11.5. The predicted molar refractivity (Wildman–Crippen MR) is 50.6 cm³/mol. The van der Waals surface area contributed by atoms with E-state index in [-0.39, 0.29) is 5.91 Å². The van der Waals surface area contributed by atoms with E-state index in [9.17, 15) is 4.79 Å². The fraction of sp³-hybridized carbons (Fsp3) is 0.400. The second-order valence-corrected chi connectivity index (χ2v) is 3.99. The molecule has 0 unspecified atom stereocenters. The zero-order valence-corrected chi connectivity index (χ0v) is 8.01. The zero-order chi connectivity index (χ0) is 9.64. The van der Waals surface area contributed by atoms with Crippen molar-refractivity contribution >= 4 is 11.6 Å². The summed E-state index contributed by atoms with van der Waals surface area (Å²) in [5.74, 6) is 0.0283. The highest BCUT2D eigenvalue weighted by atomic mass is 16.2. The van der Waals surface area contributed by atoms with Crippen LogP contribution < -0.4 is 5.32 Å². The van der Waals surface area contributed by atoms with Gasteiger partial charge in [-0.3, -0.25) is 9.78 Å². The average Bonchev–Trinajstić information content (AvgIpc) is 2.23. The van der Waals surface area contributed by atoms with Crippen molar-refractivity contribution in [3.05, 3.63) is 23.5 Å². The number of anilines is 1. The number of hydrogen-bond acceptors (Lipinski definition) is 2. The molecule has 1 aromatic heterocycles. The van der Waals surface area contributed by atoms with Gasteiger partial charge < -0.3 is 5.32 Å². The molecule has 0 saturated heterocycles. The fourth-order valence-electron chi connectivity index (χ4n) is 1.55. The molecule has 0 fully saturated rings. The highest BCUT2D eigenvalue weighted by Gasteiger charge is 2.39. The highest BCUT2D eigenvalue weighted by molar-refractivity contribution is 6.04. The molecule has 0 aliphatic carbocycles. The quantitative estimate of drug-likeness (QED) is 0.652. The molecule has 3 heteroatoms. The van der Waals surface area contributed by atoms with Crippen molar-refractivity contribution in [1.82, 2.24) is 4.98 Å². The van der Waals surface area contributed by atoms with Crippen LogP contribution in [0.15, 0.2) is 12.3 Å². The van der Waals surface area contributed by atoms with E-state index in [1.165, 1.54) is 0 Å². The van der Waals surface area contributed by atoms with Crippen LogP contribution >= 0.6 is 0 Å². The molecule has 3 nitrogen and oxygen atoms in total. The molecule has 2 heterocycles. The van der Waals surface area contributed by atoms with Crippen molar-refractivity contribution < 1.29 is 4.79 Å². The second-order valence-electron chi connectivity index (χ2n) is 3.99. The van der Waals surface area contributed by atoms with Crippen LogP contribution in [0, 0.1) is 6.92 Å². The minimum atomic E-state index is -0.483. The molecular formula is C10H12N2O. The normalized spacial score (nSPS) is 18.2. The summed E-state index contributed by atoms with van der Waals surface area (Å²) < 4.78 is 0. The molecule has 0 saturated carbocycles. The lowest BCUT2D eigenvalue weighted by Crippen LogP contribution is -2.27. The van der Waals surface area contributed by atoms with Crippen LogP contribution in [-0.2, 0) is 10.2 Å². The number of rotatable bonds is 0. The van der Waals surface area contributed by atoms with Gasteiger partial charge in [0.15, 0.2) is 0 Å². The number of amides is 1. The maximum Gasteiger partial charge on any atom is 0.236 e. The van der Waals surface area contributed by atoms with Crippen molar-refractivity contribution in [3.8, 4) is 0 Å². The Labute approximate surface area is 77.2 Å². The molecule has 0 atom stereocenters. The third-order valence-corrected chi connectivity index (χ3v) is 2.43. The third kappa shape index (κ3) is 1.03. The maximum atomic E-state index is 11.5. The van der Waals surface area contributed by atoms with Crippen LogP contribution in [0.5, 0.6) is 0 Å². The largest absolute Gasteiger partial charge is 0.324 e. The Morgan fingerprint density at radius 3 is 2.85 bits per heavy atom. The predicted octanol–water partition coefficient (Wildman–Crippen LogP) is 1.62. The molecule has 0 bridgehead atoms. The lowest BCUT2D eigenvalue weighted by molar-refractivity contribution is -0.119. The minimum Gasteiger partial charge on any atom is -0.324 e. The first-order valence-corrected chi connectivity index (χ1v) is 4.30. The van der Waals surface area contributed by atoms with Crippen molar-refractivity contribution in [2.24, 2.45) is 0 Å². The smallest absolute Gasteiger partial charge is 0.236 e. The monoisotopic (exact) mass is 176 g/mol. The van der Waals surface area contributed by atoms with Crippen molar-refractivity contribution in [2.75, 3.05) is 5.32 Å². The van der Waals surface area contributed by atoms with E-state index in [0.29, 0.717) is 0 Å². The van der Waals surface area contributed by atoms with Crippen LogP contribution in [0.3, 0.4) is 0 Å². The summed E-state index contributed by atoms with van der Waals surface area (Å²) in [6.45, 7) is 5.73. The third-order valence-electron chi connectivity index (χ3n) is 2.43. The van der Waals surface area contributed by atoms with E-state index in [1.807, 2.05) is 26.8 Å². The molecule has 1 amide bonds. The van der Waals surface area contributed by atoms with Gasteiger partial charge in [0.05, 0.1) is 16.8 Å². The van der Waals surface area contributed by atoms with Crippen molar-refractivity contribution in [2.45, 2.75) is 26.2 Å². The molecule has 1 aliphatic rings. The Kier molecular flexibility index (Phi) is 1.46. The summed E-state index contributed by atoms with van der Waals surface area (Å²) in [5, 5.41) is 2.83. The molecule has 1 aromatic rings. The van der Waals surface area contributed by atoms with Gasteiger partial charge in [-0.2, -0.15) is 0 Å². The standard InChI is InChI=1S/C10H12N2O/c1-6-4-7-8(11-5-6)10(2,3)9(13)12-7/h4-5H,1-3H3,(H,12,13). The number of carbonyl (C=O) groups excluding carboxylic acids is 1. The van der Waals surface area contributed by atoms with E-state index in [1.54, 1.807) is 6.20 Å². The number of pyridine rings is 1. The SMILES string of the molecule is Cc1cnc2c(c1)NC(=O)C2(C)C. The molecule has 0 radical (unpaired) electrons. The van der Waals surface area contributed by atoms with Gasteiger partial charge >= 0.3 is 0 Å². The topological polar surface area (TPSA) is 42.0 Å². The van der Waals surface area contributed by atoms with E-state index < -0.39 is 5.41 Å². The van der Waals surface area contributed by atoms with Gasteiger partial charge in [0.1, 0.15) is 0 Å². The van der Waals surface area contributed by atoms with E-state index in [2.05, 4.69) is 10.3 Å². The number of nitrogens with one attached hydrogen (secondary N) is 1. The van der Waals surface area contributed by atoms with Crippen molar-refractivity contribution in [3.63, 3.8) is 0 Å². The molecule has 0 spiro atoms. The minimum absolute atomic E-state index is 0.0283. The summed E-state index contributed by atoms with van der Waals surface area (Å²) in [6.07, 6.45) is 1.79. The summed E-state index contributed by atoms with van der Waals surface area (Å²) in [7, 11) is 0. The van der Waals surface area contributed by atoms with E-state index in [0.717, 1.165) is 16.9 Å². The van der Waals surface area contributed by atoms with Crippen LogP contribution in [0.2, 0.25) is 0 Å². The van der Waals surface area contributed by atoms with Gasteiger partial charge in [0.2, 0.25) is 5.91 Å². The Hall–Kier alpha value is -1.38.